The number of cyclic esters (lactones) is 1. The number of carbonyl (C=O) groups excluding carboxylic acids is 2. The Labute approximate surface area is 69.8 Å². The van der Waals surface area contributed by atoms with Gasteiger partial charge in [0.05, 0.1) is 13.2 Å². The van der Waals surface area contributed by atoms with E-state index in [1.807, 2.05) is 0 Å². The molecule has 0 aromatic carbocycles. The van der Waals surface area contributed by atoms with E-state index in [9.17, 15) is 9.59 Å². The van der Waals surface area contributed by atoms with E-state index in [0.29, 0.717) is 19.6 Å². The zero-order valence-electron chi connectivity index (χ0n) is 6.83. The summed E-state index contributed by atoms with van der Waals surface area (Å²) in [4.78, 5) is 22.4. The van der Waals surface area contributed by atoms with Gasteiger partial charge in [-0.25, -0.2) is 0 Å². The second-order valence-corrected chi connectivity index (χ2v) is 3.19. The van der Waals surface area contributed by atoms with Crippen molar-refractivity contribution in [1.29, 1.82) is 0 Å². The maximum Gasteiger partial charge on any atom is 0.323 e. The molecule has 2 atom stereocenters. The maximum absolute atomic E-state index is 11.3. The quantitative estimate of drug-likeness (QED) is 0.436. The largest absolute Gasteiger partial charge is 0.465 e. The third-order valence-corrected chi connectivity index (χ3v) is 2.52. The Kier molecular flexibility index (Phi) is 1.40. The third-order valence-electron chi connectivity index (χ3n) is 2.52. The van der Waals surface area contributed by atoms with E-state index < -0.39 is 17.4 Å². The molecule has 2 rings (SSSR count). The molecule has 0 bridgehead atoms. The van der Waals surface area contributed by atoms with Gasteiger partial charge in [-0.05, 0) is 13.3 Å². The minimum absolute atomic E-state index is 0.0871. The van der Waals surface area contributed by atoms with Crippen molar-refractivity contribution in [3.8, 4) is 0 Å². The molecule has 4 heteroatoms. The standard InChI is InChI=1S/C8H10O4/c1-2-11-6(9)8-3-5(8)4-12-7(8)10/h5H,2-4H2,1H3/t5-,8+/m1/s1. The fourth-order valence-corrected chi connectivity index (χ4v) is 1.68. The van der Waals surface area contributed by atoms with Crippen molar-refractivity contribution in [3.05, 3.63) is 0 Å². The SMILES string of the molecule is CCOC(=O)[C@]12C[C@@H]1COC2=O. The number of hydrogen-bond donors (Lipinski definition) is 0. The summed E-state index contributed by atoms with van der Waals surface area (Å²) in [5.74, 6) is -0.715. The van der Waals surface area contributed by atoms with Crippen LogP contribution in [0, 0.1) is 11.3 Å². The van der Waals surface area contributed by atoms with Crippen LogP contribution in [0.2, 0.25) is 0 Å². The summed E-state index contributed by atoms with van der Waals surface area (Å²) in [7, 11) is 0. The number of carbonyl (C=O) groups is 2. The van der Waals surface area contributed by atoms with Gasteiger partial charge in [0.2, 0.25) is 0 Å². The summed E-state index contributed by atoms with van der Waals surface area (Å²) in [6.45, 7) is 2.43. The summed E-state index contributed by atoms with van der Waals surface area (Å²) in [6, 6.07) is 0. The van der Waals surface area contributed by atoms with Crippen LogP contribution in [-0.4, -0.2) is 25.2 Å². The first-order valence-corrected chi connectivity index (χ1v) is 4.06. The molecule has 1 saturated carbocycles. The lowest BCUT2D eigenvalue weighted by Crippen LogP contribution is -2.26. The van der Waals surface area contributed by atoms with E-state index in [1.54, 1.807) is 6.92 Å². The average molecular weight is 170 g/mol. The number of fused-ring (bicyclic) bond motifs is 1. The van der Waals surface area contributed by atoms with Gasteiger partial charge in [0, 0.05) is 5.92 Å². The van der Waals surface area contributed by atoms with Gasteiger partial charge in [-0.1, -0.05) is 0 Å². The van der Waals surface area contributed by atoms with Gasteiger partial charge in [0.1, 0.15) is 0 Å². The molecule has 1 aliphatic heterocycles. The smallest absolute Gasteiger partial charge is 0.323 e. The van der Waals surface area contributed by atoms with Crippen molar-refractivity contribution >= 4 is 11.9 Å². The van der Waals surface area contributed by atoms with Crippen LogP contribution in [0.5, 0.6) is 0 Å². The first-order chi connectivity index (χ1) is 5.71. The van der Waals surface area contributed by atoms with Crippen LogP contribution >= 0.6 is 0 Å². The Morgan fingerprint density at radius 2 is 2.58 bits per heavy atom. The van der Waals surface area contributed by atoms with E-state index in [4.69, 9.17) is 9.47 Å². The molecule has 0 aromatic rings. The van der Waals surface area contributed by atoms with Crippen LogP contribution in [-0.2, 0) is 19.1 Å². The molecule has 0 aromatic heterocycles. The van der Waals surface area contributed by atoms with Crippen LogP contribution in [0.15, 0.2) is 0 Å². The minimum Gasteiger partial charge on any atom is -0.465 e. The van der Waals surface area contributed by atoms with Gasteiger partial charge >= 0.3 is 11.9 Å². The highest BCUT2D eigenvalue weighted by Crippen LogP contribution is 2.58. The molecule has 1 aliphatic carbocycles. The lowest BCUT2D eigenvalue weighted by molar-refractivity contribution is -0.159. The molecule has 2 fully saturated rings. The molecule has 4 nitrogen and oxygen atoms in total. The molecule has 2 aliphatic rings. The highest BCUT2D eigenvalue weighted by Gasteiger charge is 2.72. The lowest BCUT2D eigenvalue weighted by Gasteiger charge is -2.06. The number of ether oxygens (including phenoxy) is 2. The third kappa shape index (κ3) is 0.722. The average Bonchev–Trinajstić information content (AvgIpc) is 2.69. The van der Waals surface area contributed by atoms with E-state index >= 15 is 0 Å². The van der Waals surface area contributed by atoms with Crippen molar-refractivity contribution in [3.63, 3.8) is 0 Å². The predicted molar refractivity (Wildman–Crippen MR) is 38.1 cm³/mol. The molecule has 0 amide bonds. The van der Waals surface area contributed by atoms with Crippen LogP contribution in [0.25, 0.3) is 0 Å². The Hall–Kier alpha value is -1.06. The molecular weight excluding hydrogens is 160 g/mol. The molecule has 1 heterocycles. The van der Waals surface area contributed by atoms with Crippen molar-refractivity contribution in [2.24, 2.45) is 11.3 Å². The molecule has 0 N–H and O–H groups in total. The highest BCUT2D eigenvalue weighted by atomic mass is 16.6. The summed E-state index contributed by atoms with van der Waals surface area (Å²) < 4.78 is 9.55. The van der Waals surface area contributed by atoms with Gasteiger partial charge in [-0.2, -0.15) is 0 Å². The Morgan fingerprint density at radius 3 is 3.00 bits per heavy atom. The zero-order chi connectivity index (χ0) is 8.77. The van der Waals surface area contributed by atoms with E-state index in [1.165, 1.54) is 0 Å². The van der Waals surface area contributed by atoms with Gasteiger partial charge in [0.15, 0.2) is 5.41 Å². The van der Waals surface area contributed by atoms with Crippen molar-refractivity contribution in [2.45, 2.75) is 13.3 Å². The zero-order valence-corrected chi connectivity index (χ0v) is 6.83. The summed E-state index contributed by atoms with van der Waals surface area (Å²) in [5, 5.41) is 0. The summed E-state index contributed by atoms with van der Waals surface area (Å²) in [5.41, 5.74) is -0.893. The minimum atomic E-state index is -0.893. The Bertz CT molecular complexity index is 247. The van der Waals surface area contributed by atoms with E-state index in [-0.39, 0.29) is 5.92 Å². The van der Waals surface area contributed by atoms with Crippen LogP contribution in [0.1, 0.15) is 13.3 Å². The first-order valence-electron chi connectivity index (χ1n) is 4.06. The second kappa shape index (κ2) is 2.21. The number of rotatable bonds is 2. The van der Waals surface area contributed by atoms with Crippen molar-refractivity contribution < 1.29 is 19.1 Å². The number of hydrogen-bond acceptors (Lipinski definition) is 4. The molecular formula is C8H10O4. The summed E-state index contributed by atoms with van der Waals surface area (Å²) >= 11 is 0. The molecule has 0 radical (unpaired) electrons. The molecule has 0 spiro atoms. The summed E-state index contributed by atoms with van der Waals surface area (Å²) in [6.07, 6.45) is 0.616. The monoisotopic (exact) mass is 170 g/mol. The topological polar surface area (TPSA) is 52.6 Å². The fourth-order valence-electron chi connectivity index (χ4n) is 1.68. The lowest BCUT2D eigenvalue weighted by atomic mass is 10.1. The van der Waals surface area contributed by atoms with Crippen LogP contribution < -0.4 is 0 Å². The second-order valence-electron chi connectivity index (χ2n) is 3.19. The molecule has 1 saturated heterocycles. The van der Waals surface area contributed by atoms with Gasteiger partial charge in [-0.15, -0.1) is 0 Å². The van der Waals surface area contributed by atoms with E-state index in [0.717, 1.165) is 0 Å². The predicted octanol–water partition coefficient (Wildman–Crippen LogP) is 0.113. The maximum atomic E-state index is 11.3. The fraction of sp³-hybridized carbons (Fsp3) is 0.750. The van der Waals surface area contributed by atoms with Crippen LogP contribution in [0.3, 0.4) is 0 Å². The highest BCUT2D eigenvalue weighted by molar-refractivity contribution is 6.05. The number of esters is 2. The normalized spacial score (nSPS) is 37.1. The molecule has 0 unspecified atom stereocenters. The van der Waals surface area contributed by atoms with Gasteiger partial charge < -0.3 is 9.47 Å². The van der Waals surface area contributed by atoms with Gasteiger partial charge in [-0.3, -0.25) is 9.59 Å². The van der Waals surface area contributed by atoms with Crippen molar-refractivity contribution in [1.82, 2.24) is 0 Å². The Morgan fingerprint density at radius 1 is 1.83 bits per heavy atom. The molecule has 12 heavy (non-hydrogen) atoms. The Balaban J connectivity index is 2.13. The van der Waals surface area contributed by atoms with Gasteiger partial charge in [0.25, 0.3) is 0 Å². The van der Waals surface area contributed by atoms with Crippen LogP contribution in [0.4, 0.5) is 0 Å². The van der Waals surface area contributed by atoms with Crippen molar-refractivity contribution in [2.75, 3.05) is 13.2 Å². The first kappa shape index (κ1) is 7.58. The molecule has 66 valence electrons. The van der Waals surface area contributed by atoms with E-state index in [2.05, 4.69) is 0 Å².